The van der Waals surface area contributed by atoms with Gasteiger partial charge in [-0.3, -0.25) is 19.8 Å². The minimum atomic E-state index is -1.23. The summed E-state index contributed by atoms with van der Waals surface area (Å²) in [5, 5.41) is 36.2. The van der Waals surface area contributed by atoms with E-state index in [1.807, 2.05) is 43.3 Å². The van der Waals surface area contributed by atoms with Gasteiger partial charge in [0.05, 0.1) is 28.0 Å². The Morgan fingerprint density at radius 1 is 1.11 bits per heavy atom. The lowest BCUT2D eigenvalue weighted by atomic mass is 9.48. The summed E-state index contributed by atoms with van der Waals surface area (Å²) in [5.41, 5.74) is 2.25. The summed E-state index contributed by atoms with van der Waals surface area (Å²) in [6, 6.07) is 18.9. The summed E-state index contributed by atoms with van der Waals surface area (Å²) in [6.07, 6.45) is 2.91. The molecule has 1 spiro atoms. The number of phenols is 1. The second-order valence-electron chi connectivity index (χ2n) is 13.1. The number of hydrogen-bond donors (Lipinski definition) is 2. The number of carbonyl (C=O) groups excluding carboxylic acids is 1. The van der Waals surface area contributed by atoms with Crippen LogP contribution in [0.4, 0.5) is 5.69 Å². The Labute approximate surface area is 257 Å². The van der Waals surface area contributed by atoms with Crippen molar-refractivity contribution in [2.45, 2.75) is 81.1 Å². The molecule has 1 saturated carbocycles. The molecular weight excluding hydrogens is 558 g/mol. The first-order valence-electron chi connectivity index (χ1n) is 15.7. The lowest BCUT2D eigenvalue weighted by Gasteiger charge is -2.64. The van der Waals surface area contributed by atoms with Crippen molar-refractivity contribution in [2.75, 3.05) is 20.1 Å². The number of nitro groups is 1. The van der Waals surface area contributed by atoms with Gasteiger partial charge in [-0.1, -0.05) is 60.2 Å². The number of aromatic hydroxyl groups is 1. The van der Waals surface area contributed by atoms with E-state index in [-0.39, 0.29) is 35.2 Å². The number of amides is 1. The summed E-state index contributed by atoms with van der Waals surface area (Å²) < 4.78 is 6.59. The van der Waals surface area contributed by atoms with Crippen LogP contribution in [0.15, 0.2) is 60.7 Å². The zero-order valence-corrected chi connectivity index (χ0v) is 25.2. The minimum Gasteiger partial charge on any atom is -0.504 e. The van der Waals surface area contributed by atoms with E-state index in [1.165, 1.54) is 11.6 Å². The Morgan fingerprint density at radius 2 is 1.89 bits per heavy atom. The molecule has 7 rings (SSSR count). The summed E-state index contributed by atoms with van der Waals surface area (Å²) in [5.74, 6) is -0.0579. The van der Waals surface area contributed by atoms with E-state index in [9.17, 15) is 25.1 Å². The van der Waals surface area contributed by atoms with Crippen molar-refractivity contribution in [3.63, 3.8) is 0 Å². The normalized spacial score (nSPS) is 28.2. The van der Waals surface area contributed by atoms with Gasteiger partial charge >= 0.3 is 0 Å². The number of carbonyl (C=O) groups is 1. The first-order valence-corrected chi connectivity index (χ1v) is 15.7. The molecule has 230 valence electrons. The average molecular weight is 598 g/mol. The second-order valence-corrected chi connectivity index (χ2v) is 13.1. The van der Waals surface area contributed by atoms with Crippen molar-refractivity contribution >= 4 is 11.6 Å². The van der Waals surface area contributed by atoms with Gasteiger partial charge in [0.25, 0.3) is 5.69 Å². The molecule has 2 aliphatic carbocycles. The van der Waals surface area contributed by atoms with Gasteiger partial charge in [0.1, 0.15) is 6.10 Å². The van der Waals surface area contributed by atoms with Crippen LogP contribution in [0.25, 0.3) is 0 Å². The van der Waals surface area contributed by atoms with E-state index >= 15 is 0 Å². The number of aliphatic hydroxyl groups is 1. The van der Waals surface area contributed by atoms with Crippen LogP contribution in [0.1, 0.15) is 53.5 Å². The largest absolute Gasteiger partial charge is 0.504 e. The highest BCUT2D eigenvalue weighted by atomic mass is 16.6. The third kappa shape index (κ3) is 4.24. The lowest BCUT2D eigenvalue weighted by Crippen LogP contribution is -2.78. The van der Waals surface area contributed by atoms with Crippen LogP contribution < -0.4 is 4.74 Å². The van der Waals surface area contributed by atoms with Gasteiger partial charge in [-0.2, -0.15) is 0 Å². The Balaban J connectivity index is 1.24. The fraction of sp³-hybridized carbons (Fsp3) is 0.457. The van der Waals surface area contributed by atoms with Crippen molar-refractivity contribution in [1.29, 1.82) is 0 Å². The molecule has 2 fully saturated rings. The van der Waals surface area contributed by atoms with Crippen LogP contribution in [0.3, 0.4) is 0 Å². The van der Waals surface area contributed by atoms with Crippen LogP contribution in [0.2, 0.25) is 0 Å². The maximum Gasteiger partial charge on any atom is 0.276 e. The topological polar surface area (TPSA) is 116 Å². The van der Waals surface area contributed by atoms with E-state index in [0.717, 1.165) is 17.5 Å². The first-order chi connectivity index (χ1) is 21.1. The Kier molecular flexibility index (Phi) is 6.93. The predicted octanol–water partition coefficient (Wildman–Crippen LogP) is 4.47. The molecule has 3 aromatic rings. The van der Waals surface area contributed by atoms with E-state index in [0.29, 0.717) is 62.7 Å². The number of ether oxygens (including phenoxy) is 1. The molecule has 2 unspecified atom stereocenters. The molecule has 2 aliphatic heterocycles. The molecule has 2 bridgehead atoms. The molecule has 3 aromatic carbocycles. The van der Waals surface area contributed by atoms with Crippen molar-refractivity contribution in [2.24, 2.45) is 0 Å². The van der Waals surface area contributed by atoms with E-state index in [1.54, 1.807) is 11.9 Å². The second kappa shape index (κ2) is 10.6. The van der Waals surface area contributed by atoms with Crippen molar-refractivity contribution < 1.29 is 24.7 Å². The maximum atomic E-state index is 13.6. The summed E-state index contributed by atoms with van der Waals surface area (Å²) in [7, 11) is 1.80. The Morgan fingerprint density at radius 3 is 2.64 bits per heavy atom. The van der Waals surface area contributed by atoms with Crippen LogP contribution in [-0.2, 0) is 29.5 Å². The highest BCUT2D eigenvalue weighted by molar-refractivity contribution is 5.77. The zero-order chi connectivity index (χ0) is 30.8. The van der Waals surface area contributed by atoms with Gasteiger partial charge in [0.2, 0.25) is 5.91 Å². The van der Waals surface area contributed by atoms with E-state index in [2.05, 4.69) is 23.1 Å². The van der Waals surface area contributed by atoms with Gasteiger partial charge in [-0.25, -0.2) is 0 Å². The molecule has 5 atom stereocenters. The Bertz CT molecular complexity index is 1630. The molecule has 44 heavy (non-hydrogen) atoms. The summed E-state index contributed by atoms with van der Waals surface area (Å²) >= 11 is 0. The van der Waals surface area contributed by atoms with E-state index < -0.39 is 22.0 Å². The molecule has 1 amide bonds. The maximum absolute atomic E-state index is 13.6. The standard InChI is InChI=1S/C35H39N3O6/c1-22-7-6-10-24(19-22)11-12-30(40)36(2)26-13-15-35(41)29-20-25-27(38(42)43)21-28(39)32-31(25)34(35,33(26)44-32)16-18-37(29)17-14-23-8-4-3-5-9-23/h3-10,19,21,26,29,33,39,41H,11-18,20H2,1-2H3/t26?,29-,33?,34+,35-/m1/s1. The van der Waals surface area contributed by atoms with Crippen LogP contribution >= 0.6 is 0 Å². The fourth-order valence-electron chi connectivity index (χ4n) is 8.90. The SMILES string of the molecule is Cc1cccc(CCC(=O)N(C)C2CC[C@@]3(O)[C@H]4Cc5c([N+](=O)[O-])cc(O)c6c5[C@@]3(CCN4CCc3ccccc3)C2O6)c1. The van der Waals surface area contributed by atoms with Gasteiger partial charge in [0, 0.05) is 37.2 Å². The molecule has 1 saturated heterocycles. The monoisotopic (exact) mass is 597 g/mol. The van der Waals surface area contributed by atoms with Crippen molar-refractivity contribution in [3.8, 4) is 11.5 Å². The predicted molar refractivity (Wildman–Crippen MR) is 165 cm³/mol. The minimum absolute atomic E-state index is 0.0130. The molecule has 2 N–H and O–H groups in total. The molecule has 9 heteroatoms. The third-order valence-corrected chi connectivity index (χ3v) is 11.0. The lowest BCUT2D eigenvalue weighted by molar-refractivity contribution is -0.386. The molecule has 4 aliphatic rings. The average Bonchev–Trinajstić information content (AvgIpc) is 3.36. The number of rotatable bonds is 8. The number of likely N-dealkylation sites (tertiary alicyclic amines) is 1. The molecule has 9 nitrogen and oxygen atoms in total. The van der Waals surface area contributed by atoms with Crippen LogP contribution in [0.5, 0.6) is 11.5 Å². The van der Waals surface area contributed by atoms with Crippen molar-refractivity contribution in [3.05, 3.63) is 98.6 Å². The number of aryl methyl sites for hydroxylation is 2. The number of hydrogen-bond acceptors (Lipinski definition) is 7. The summed E-state index contributed by atoms with van der Waals surface area (Å²) in [4.78, 5) is 29.5. The molecule has 2 heterocycles. The zero-order valence-electron chi connectivity index (χ0n) is 25.2. The van der Waals surface area contributed by atoms with Crippen molar-refractivity contribution in [1.82, 2.24) is 9.80 Å². The number of likely N-dealkylation sites (N-methyl/N-ethyl adjacent to an activating group) is 1. The highest BCUT2D eigenvalue weighted by Crippen LogP contribution is 2.67. The highest BCUT2D eigenvalue weighted by Gasteiger charge is 2.74. The van der Waals surface area contributed by atoms with Crippen LogP contribution in [0, 0.1) is 17.0 Å². The molecule has 0 radical (unpaired) electrons. The number of nitro benzene ring substituents is 1. The fourth-order valence-corrected chi connectivity index (χ4v) is 8.90. The third-order valence-electron chi connectivity index (χ3n) is 11.0. The molecule has 0 aromatic heterocycles. The smallest absolute Gasteiger partial charge is 0.276 e. The summed E-state index contributed by atoms with van der Waals surface area (Å²) in [6.45, 7) is 3.43. The number of phenolic OH excluding ortho intramolecular Hbond substituents is 1. The first kappa shape index (κ1) is 28.8. The number of nitrogens with zero attached hydrogens (tertiary/aromatic N) is 3. The van der Waals surface area contributed by atoms with Gasteiger partial charge < -0.3 is 19.8 Å². The number of piperidine rings is 1. The van der Waals surface area contributed by atoms with Crippen LogP contribution in [-0.4, -0.2) is 74.8 Å². The van der Waals surface area contributed by atoms with E-state index in [4.69, 9.17) is 4.74 Å². The van der Waals surface area contributed by atoms with Gasteiger partial charge in [-0.15, -0.1) is 0 Å². The number of benzene rings is 3. The van der Waals surface area contributed by atoms with Gasteiger partial charge in [0.15, 0.2) is 11.5 Å². The van der Waals surface area contributed by atoms with Gasteiger partial charge in [-0.05, 0) is 63.1 Å². The Hall–Kier alpha value is -3.95. The molecular formula is C35H39N3O6. The quantitative estimate of drug-likeness (QED) is 0.291.